The van der Waals surface area contributed by atoms with Gasteiger partial charge in [-0.15, -0.1) is 0 Å². The molecule has 0 unspecified atom stereocenters. The Hall–Kier alpha value is -2.39. The lowest BCUT2D eigenvalue weighted by Crippen LogP contribution is -2.44. The van der Waals surface area contributed by atoms with Crippen molar-refractivity contribution in [1.29, 1.82) is 0 Å². The van der Waals surface area contributed by atoms with Crippen LogP contribution in [-0.4, -0.2) is 68.9 Å². The number of carbonyl (C=O) groups excluding carboxylic acids is 1. The summed E-state index contributed by atoms with van der Waals surface area (Å²) in [6, 6.07) is 11.1. The highest BCUT2D eigenvalue weighted by Gasteiger charge is 2.23. The number of para-hydroxylation sites is 2. The maximum Gasteiger partial charge on any atom is 0.266 e. The molecule has 0 saturated carbocycles. The fraction of sp³-hybridized carbons (Fsp3) is 0.391. The number of methoxy groups -OCH3 is 1. The normalized spacial score (nSPS) is 14.5. The minimum absolute atomic E-state index is 0.119. The van der Waals surface area contributed by atoms with Crippen LogP contribution in [0.15, 0.2) is 36.4 Å². The van der Waals surface area contributed by atoms with E-state index in [1.54, 1.807) is 24.1 Å². The zero-order valence-electron chi connectivity index (χ0n) is 18.2. The van der Waals surface area contributed by atoms with Crippen LogP contribution in [0.1, 0.15) is 5.56 Å². The number of aromatic nitrogens is 1. The van der Waals surface area contributed by atoms with E-state index < -0.39 is 0 Å². The molecular weight excluding hydrogens is 450 g/mol. The number of hydrogen-bond donors (Lipinski definition) is 0. The fourth-order valence-electron chi connectivity index (χ4n) is 3.55. The van der Waals surface area contributed by atoms with Crippen LogP contribution in [0, 0.1) is 6.92 Å². The molecule has 9 heteroatoms. The minimum atomic E-state index is -0.169. The molecule has 1 aromatic heterocycles. The molecule has 3 aromatic rings. The Morgan fingerprint density at radius 1 is 1.22 bits per heavy atom. The number of morpholine rings is 1. The van der Waals surface area contributed by atoms with Crippen LogP contribution in [0.3, 0.4) is 0 Å². The molecule has 0 spiro atoms. The Kier molecular flexibility index (Phi) is 7.47. The summed E-state index contributed by atoms with van der Waals surface area (Å²) in [5, 5.41) is 1.26. The Bertz CT molecular complexity index is 1050. The van der Waals surface area contributed by atoms with Crippen molar-refractivity contribution in [3.8, 4) is 11.5 Å². The molecule has 4 rings (SSSR count). The second kappa shape index (κ2) is 10.5. The van der Waals surface area contributed by atoms with Crippen molar-refractivity contribution in [3.63, 3.8) is 0 Å². The van der Waals surface area contributed by atoms with Gasteiger partial charge in [-0.25, -0.2) is 4.98 Å². The van der Waals surface area contributed by atoms with Crippen molar-refractivity contribution in [2.24, 2.45) is 0 Å². The van der Waals surface area contributed by atoms with Crippen molar-refractivity contribution >= 4 is 44.2 Å². The van der Waals surface area contributed by atoms with Crippen molar-refractivity contribution < 1.29 is 19.0 Å². The SMILES string of the molecule is COc1ccccc1OCC(=O)N(CCN1CCOCC1)c1nc2c(C)ccc(Cl)c2s1. The molecule has 1 amide bonds. The quantitative estimate of drug-likeness (QED) is 0.490. The predicted octanol–water partition coefficient (Wildman–Crippen LogP) is 4.01. The molecule has 0 bridgehead atoms. The van der Waals surface area contributed by atoms with Crippen LogP contribution < -0.4 is 14.4 Å². The predicted molar refractivity (Wildman–Crippen MR) is 127 cm³/mol. The van der Waals surface area contributed by atoms with Gasteiger partial charge >= 0.3 is 0 Å². The molecule has 1 fully saturated rings. The first-order chi connectivity index (χ1) is 15.6. The van der Waals surface area contributed by atoms with Gasteiger partial charge in [0.1, 0.15) is 0 Å². The Balaban J connectivity index is 1.56. The number of fused-ring (bicyclic) bond motifs is 1. The molecule has 7 nitrogen and oxygen atoms in total. The number of amides is 1. The Morgan fingerprint density at radius 3 is 2.69 bits per heavy atom. The highest BCUT2D eigenvalue weighted by atomic mass is 35.5. The summed E-state index contributed by atoms with van der Waals surface area (Å²) < 4.78 is 17.4. The summed E-state index contributed by atoms with van der Waals surface area (Å²) in [4.78, 5) is 22.0. The van der Waals surface area contributed by atoms with Crippen molar-refractivity contribution in [3.05, 3.63) is 47.0 Å². The number of aryl methyl sites for hydroxylation is 1. The topological polar surface area (TPSA) is 64.1 Å². The highest BCUT2D eigenvalue weighted by molar-refractivity contribution is 7.23. The second-order valence-corrected chi connectivity index (χ2v) is 8.86. The smallest absolute Gasteiger partial charge is 0.266 e. The summed E-state index contributed by atoms with van der Waals surface area (Å²) in [7, 11) is 1.58. The molecule has 0 radical (unpaired) electrons. The van der Waals surface area contributed by atoms with E-state index in [1.165, 1.54) is 11.3 Å². The lowest BCUT2D eigenvalue weighted by Gasteiger charge is -2.29. The number of benzene rings is 2. The van der Waals surface area contributed by atoms with E-state index in [9.17, 15) is 4.79 Å². The van der Waals surface area contributed by atoms with Gasteiger partial charge in [-0.05, 0) is 30.7 Å². The van der Waals surface area contributed by atoms with Crippen LogP contribution in [0.5, 0.6) is 11.5 Å². The van der Waals surface area contributed by atoms with Gasteiger partial charge < -0.3 is 14.2 Å². The summed E-state index contributed by atoms with van der Waals surface area (Å²) in [5.74, 6) is 0.944. The van der Waals surface area contributed by atoms with Crippen LogP contribution in [-0.2, 0) is 9.53 Å². The molecular formula is C23H26ClN3O4S. The summed E-state index contributed by atoms with van der Waals surface area (Å²) >= 11 is 7.84. The molecule has 0 aliphatic carbocycles. The molecule has 170 valence electrons. The first kappa shape index (κ1) is 22.8. The third kappa shape index (κ3) is 5.15. The number of hydrogen-bond acceptors (Lipinski definition) is 7. The van der Waals surface area contributed by atoms with E-state index in [2.05, 4.69) is 4.90 Å². The Morgan fingerprint density at radius 2 is 1.97 bits per heavy atom. The third-order valence-corrected chi connectivity index (χ3v) is 6.92. The number of thiazole rings is 1. The van der Waals surface area contributed by atoms with E-state index in [0.717, 1.165) is 35.4 Å². The van der Waals surface area contributed by atoms with Gasteiger partial charge in [-0.3, -0.25) is 14.6 Å². The van der Waals surface area contributed by atoms with Gasteiger partial charge in [0.05, 0.1) is 35.6 Å². The van der Waals surface area contributed by atoms with E-state index in [4.69, 9.17) is 30.8 Å². The zero-order chi connectivity index (χ0) is 22.5. The highest BCUT2D eigenvalue weighted by Crippen LogP contribution is 2.36. The largest absolute Gasteiger partial charge is 0.493 e. The van der Waals surface area contributed by atoms with Crippen LogP contribution >= 0.6 is 22.9 Å². The van der Waals surface area contributed by atoms with E-state index in [0.29, 0.717) is 41.4 Å². The van der Waals surface area contributed by atoms with E-state index >= 15 is 0 Å². The van der Waals surface area contributed by atoms with Crippen LogP contribution in [0.25, 0.3) is 10.2 Å². The molecule has 1 aliphatic rings. The first-order valence-corrected chi connectivity index (χ1v) is 11.7. The molecule has 1 saturated heterocycles. The van der Waals surface area contributed by atoms with Gasteiger partial charge in [0.15, 0.2) is 23.2 Å². The maximum atomic E-state index is 13.3. The molecule has 0 atom stereocenters. The van der Waals surface area contributed by atoms with Gasteiger partial charge in [0, 0.05) is 26.2 Å². The minimum Gasteiger partial charge on any atom is -0.493 e. The molecule has 1 aliphatic heterocycles. The van der Waals surface area contributed by atoms with Gasteiger partial charge in [-0.1, -0.05) is 41.1 Å². The fourth-order valence-corrected chi connectivity index (χ4v) is 4.91. The monoisotopic (exact) mass is 475 g/mol. The van der Waals surface area contributed by atoms with Gasteiger partial charge in [-0.2, -0.15) is 0 Å². The molecule has 2 aromatic carbocycles. The van der Waals surface area contributed by atoms with Crippen molar-refractivity contribution in [1.82, 2.24) is 9.88 Å². The standard InChI is InChI=1S/C23H26ClN3O4S/c1-16-7-8-17(24)22-21(16)25-23(32-22)27(10-9-26-11-13-30-14-12-26)20(28)15-31-19-6-4-3-5-18(19)29-2/h3-8H,9-15H2,1-2H3. The third-order valence-electron chi connectivity index (χ3n) is 5.38. The number of halogens is 1. The number of carbonyl (C=O) groups is 1. The second-order valence-electron chi connectivity index (χ2n) is 7.48. The van der Waals surface area contributed by atoms with Crippen LogP contribution in [0.4, 0.5) is 5.13 Å². The van der Waals surface area contributed by atoms with Gasteiger partial charge in [0.25, 0.3) is 5.91 Å². The molecule has 0 N–H and O–H groups in total. The number of anilines is 1. The molecule has 32 heavy (non-hydrogen) atoms. The summed E-state index contributed by atoms with van der Waals surface area (Å²) in [6.45, 7) is 6.23. The number of ether oxygens (including phenoxy) is 3. The average molecular weight is 476 g/mol. The van der Waals surface area contributed by atoms with Crippen LogP contribution in [0.2, 0.25) is 5.02 Å². The lowest BCUT2D eigenvalue weighted by atomic mass is 10.2. The average Bonchev–Trinajstić information content (AvgIpc) is 3.27. The zero-order valence-corrected chi connectivity index (χ0v) is 19.7. The summed E-state index contributed by atoms with van der Waals surface area (Å²) in [6.07, 6.45) is 0. The van der Waals surface area contributed by atoms with E-state index in [1.807, 2.05) is 31.2 Å². The molecule has 2 heterocycles. The van der Waals surface area contributed by atoms with Crippen molar-refractivity contribution in [2.75, 3.05) is 58.0 Å². The summed E-state index contributed by atoms with van der Waals surface area (Å²) in [5.41, 5.74) is 1.85. The van der Waals surface area contributed by atoms with Gasteiger partial charge in [0.2, 0.25) is 0 Å². The lowest BCUT2D eigenvalue weighted by molar-refractivity contribution is -0.120. The maximum absolute atomic E-state index is 13.3. The van der Waals surface area contributed by atoms with E-state index in [-0.39, 0.29) is 12.5 Å². The number of nitrogens with zero attached hydrogens (tertiary/aromatic N) is 3. The first-order valence-electron chi connectivity index (χ1n) is 10.5. The van der Waals surface area contributed by atoms with Crippen molar-refractivity contribution in [2.45, 2.75) is 6.92 Å². The number of rotatable bonds is 8. The Labute approximate surface area is 196 Å².